The summed E-state index contributed by atoms with van der Waals surface area (Å²) in [5, 5.41) is 10.6. The molecule has 1 heterocycles. The van der Waals surface area contributed by atoms with Crippen molar-refractivity contribution in [1.29, 1.82) is 0 Å². The number of carboxylic acid groups (broad SMARTS) is 1. The van der Waals surface area contributed by atoms with E-state index in [2.05, 4.69) is 4.72 Å². The highest BCUT2D eigenvalue weighted by molar-refractivity contribution is 7.91. The van der Waals surface area contributed by atoms with Gasteiger partial charge in [0.2, 0.25) is 0 Å². The molecule has 4 aromatic rings. The Labute approximate surface area is 218 Å². The maximum atomic E-state index is 13.2. The van der Waals surface area contributed by atoms with Gasteiger partial charge in [-0.1, -0.05) is 66.2 Å². The molecule has 2 N–H and O–H groups in total. The smallest absolute Gasteiger partial charge is 0.325 e. The van der Waals surface area contributed by atoms with Gasteiger partial charge in [-0.05, 0) is 59.5 Å². The quantitative estimate of drug-likeness (QED) is 0.275. The van der Waals surface area contributed by atoms with Gasteiger partial charge in [-0.15, -0.1) is 11.3 Å². The molecular formula is C27H22ClNO5S2. The van der Waals surface area contributed by atoms with Crippen molar-refractivity contribution in [3.8, 4) is 16.2 Å². The van der Waals surface area contributed by atoms with Gasteiger partial charge in [0.1, 0.15) is 22.1 Å². The lowest BCUT2D eigenvalue weighted by molar-refractivity contribution is -0.140. The van der Waals surface area contributed by atoms with Crippen LogP contribution in [-0.2, 0) is 21.4 Å². The first-order valence-corrected chi connectivity index (χ1v) is 13.8. The summed E-state index contributed by atoms with van der Waals surface area (Å²) in [7, 11) is -4.06. The van der Waals surface area contributed by atoms with Gasteiger partial charge in [-0.2, -0.15) is 4.72 Å². The van der Waals surface area contributed by atoms with E-state index in [1.807, 2.05) is 30.3 Å². The zero-order valence-corrected chi connectivity index (χ0v) is 21.3. The molecule has 0 aliphatic heterocycles. The highest BCUT2D eigenvalue weighted by atomic mass is 35.5. The maximum absolute atomic E-state index is 13.2. The van der Waals surface area contributed by atoms with Gasteiger partial charge < -0.3 is 9.84 Å². The van der Waals surface area contributed by atoms with Crippen LogP contribution in [-0.4, -0.2) is 25.0 Å². The Morgan fingerprint density at radius 2 is 1.78 bits per heavy atom. The molecule has 5 rings (SSSR count). The topological polar surface area (TPSA) is 92.7 Å². The third-order valence-electron chi connectivity index (χ3n) is 6.14. The zero-order chi connectivity index (χ0) is 25.3. The zero-order valence-electron chi connectivity index (χ0n) is 18.9. The summed E-state index contributed by atoms with van der Waals surface area (Å²) in [5.74, 6) is -1.13. The number of hydrogen-bond donors (Lipinski definition) is 2. The largest absolute Gasteiger partial charge is 0.489 e. The molecule has 1 saturated carbocycles. The molecular weight excluding hydrogens is 518 g/mol. The highest BCUT2D eigenvalue weighted by Crippen LogP contribution is 2.53. The third kappa shape index (κ3) is 5.03. The molecule has 0 radical (unpaired) electrons. The first-order valence-electron chi connectivity index (χ1n) is 11.2. The molecule has 0 bridgehead atoms. The number of carbonyl (C=O) groups is 1. The number of carboxylic acids is 1. The minimum absolute atomic E-state index is 0.0543. The number of aliphatic carboxylic acids is 1. The van der Waals surface area contributed by atoms with Crippen molar-refractivity contribution in [1.82, 2.24) is 4.72 Å². The molecule has 36 heavy (non-hydrogen) atoms. The van der Waals surface area contributed by atoms with Crippen molar-refractivity contribution in [2.75, 3.05) is 0 Å². The number of halogens is 1. The summed E-state index contributed by atoms with van der Waals surface area (Å²) in [6, 6.07) is 27.1. The number of benzene rings is 3. The lowest BCUT2D eigenvalue weighted by Crippen LogP contribution is -2.44. The minimum atomic E-state index is -4.06. The van der Waals surface area contributed by atoms with E-state index in [1.54, 1.807) is 54.6 Å². The van der Waals surface area contributed by atoms with Gasteiger partial charge in [0.25, 0.3) is 10.0 Å². The average Bonchev–Trinajstić information content (AvgIpc) is 3.37. The molecule has 1 aliphatic carbocycles. The Morgan fingerprint density at radius 3 is 2.50 bits per heavy atom. The van der Waals surface area contributed by atoms with Crippen molar-refractivity contribution < 1.29 is 23.1 Å². The molecule has 184 valence electrons. The van der Waals surface area contributed by atoms with Crippen molar-refractivity contribution >= 4 is 38.9 Å². The van der Waals surface area contributed by atoms with Crippen LogP contribution < -0.4 is 9.46 Å². The fourth-order valence-electron chi connectivity index (χ4n) is 4.14. The van der Waals surface area contributed by atoms with E-state index in [-0.39, 0.29) is 10.6 Å². The van der Waals surface area contributed by atoms with E-state index >= 15 is 0 Å². The van der Waals surface area contributed by atoms with Crippen LogP contribution in [0.1, 0.15) is 23.5 Å². The Hall–Kier alpha value is -3.17. The Kier molecular flexibility index (Phi) is 6.61. The second-order valence-electron chi connectivity index (χ2n) is 8.61. The SMILES string of the molecule is O=C(O)C1(NS(=O)(=O)c2ccc(-c3ccc(Cl)cc3)s2)CC1c1cccc(OCc2ccccc2)c1. The standard InChI is InChI=1S/C27H22ClNO5S2/c28-21-11-9-19(10-12-21)24-13-14-25(35-24)36(32,33)29-27(26(30)31)16-23(27)20-7-4-8-22(15-20)34-17-18-5-2-1-3-6-18/h1-15,23,29H,16-17H2,(H,30,31). The summed E-state index contributed by atoms with van der Waals surface area (Å²) in [5.41, 5.74) is 0.936. The monoisotopic (exact) mass is 539 g/mol. The van der Waals surface area contributed by atoms with Crippen LogP contribution in [0.4, 0.5) is 0 Å². The van der Waals surface area contributed by atoms with Gasteiger partial charge in [0.05, 0.1) is 0 Å². The normalized spacial score (nSPS) is 19.1. The summed E-state index contributed by atoms with van der Waals surface area (Å²) >= 11 is 7.02. The van der Waals surface area contributed by atoms with E-state index in [1.165, 1.54) is 6.07 Å². The first-order chi connectivity index (χ1) is 17.3. The molecule has 1 fully saturated rings. The van der Waals surface area contributed by atoms with Crippen LogP contribution in [0.25, 0.3) is 10.4 Å². The second-order valence-corrected chi connectivity index (χ2v) is 12.0. The fraction of sp³-hybridized carbons (Fsp3) is 0.148. The number of thiophene rings is 1. The molecule has 6 nitrogen and oxygen atoms in total. The summed E-state index contributed by atoms with van der Waals surface area (Å²) < 4.78 is 34.8. The molecule has 1 aliphatic rings. The van der Waals surface area contributed by atoms with Crippen molar-refractivity contribution in [2.24, 2.45) is 0 Å². The summed E-state index contributed by atoms with van der Waals surface area (Å²) in [6.45, 7) is 0.375. The van der Waals surface area contributed by atoms with Gasteiger partial charge in [-0.3, -0.25) is 4.79 Å². The summed E-state index contributed by atoms with van der Waals surface area (Å²) in [6.07, 6.45) is 0.152. The predicted molar refractivity (Wildman–Crippen MR) is 140 cm³/mol. The van der Waals surface area contributed by atoms with Crippen molar-refractivity contribution in [2.45, 2.75) is 28.7 Å². The molecule has 0 spiro atoms. The maximum Gasteiger partial charge on any atom is 0.325 e. The van der Waals surface area contributed by atoms with Crippen molar-refractivity contribution in [3.05, 3.63) is 107 Å². The third-order valence-corrected chi connectivity index (χ3v) is 9.53. The van der Waals surface area contributed by atoms with Gasteiger partial charge in [-0.25, -0.2) is 8.42 Å². The number of rotatable bonds is 9. The van der Waals surface area contributed by atoms with E-state index in [9.17, 15) is 18.3 Å². The van der Waals surface area contributed by atoms with E-state index in [4.69, 9.17) is 16.3 Å². The Balaban J connectivity index is 1.33. The highest BCUT2D eigenvalue weighted by Gasteiger charge is 2.63. The van der Waals surface area contributed by atoms with Gasteiger partial charge in [0.15, 0.2) is 0 Å². The number of nitrogens with one attached hydrogen (secondary N) is 1. The van der Waals surface area contributed by atoms with Crippen molar-refractivity contribution in [3.63, 3.8) is 0 Å². The average molecular weight is 540 g/mol. The van der Waals surface area contributed by atoms with Gasteiger partial charge >= 0.3 is 5.97 Å². The first kappa shape index (κ1) is 24.5. The van der Waals surface area contributed by atoms with Crippen LogP contribution in [0.2, 0.25) is 5.02 Å². The van der Waals surface area contributed by atoms with Crippen LogP contribution in [0.3, 0.4) is 0 Å². The predicted octanol–water partition coefficient (Wildman–Crippen LogP) is 5.94. The number of ether oxygens (including phenoxy) is 1. The summed E-state index contributed by atoms with van der Waals surface area (Å²) in [4.78, 5) is 13.0. The van der Waals surface area contributed by atoms with Crippen LogP contribution >= 0.6 is 22.9 Å². The van der Waals surface area contributed by atoms with Crippen LogP contribution in [0.5, 0.6) is 5.75 Å². The molecule has 0 saturated heterocycles. The van der Waals surface area contributed by atoms with E-state index in [0.717, 1.165) is 27.3 Å². The van der Waals surface area contributed by atoms with Gasteiger partial charge in [0, 0.05) is 15.8 Å². The molecule has 1 aromatic heterocycles. The second kappa shape index (κ2) is 9.71. The molecule has 3 aromatic carbocycles. The van der Waals surface area contributed by atoms with E-state index < -0.39 is 27.4 Å². The number of sulfonamides is 1. The van der Waals surface area contributed by atoms with Crippen LogP contribution in [0, 0.1) is 0 Å². The minimum Gasteiger partial charge on any atom is -0.489 e. The van der Waals surface area contributed by atoms with E-state index in [0.29, 0.717) is 22.9 Å². The Bertz CT molecular complexity index is 1500. The lowest BCUT2D eigenvalue weighted by atomic mass is 10.1. The molecule has 2 unspecified atom stereocenters. The fourth-order valence-corrected chi connectivity index (χ4v) is 6.99. The molecule has 2 atom stereocenters. The number of hydrogen-bond acceptors (Lipinski definition) is 5. The molecule has 9 heteroatoms. The Morgan fingerprint density at radius 1 is 1.03 bits per heavy atom. The van der Waals surface area contributed by atoms with Crippen LogP contribution in [0.15, 0.2) is 95.2 Å². The lowest BCUT2D eigenvalue weighted by Gasteiger charge is -2.15. The molecule has 0 amide bonds.